The van der Waals surface area contributed by atoms with E-state index in [1.165, 1.54) is 12.8 Å². The molecule has 0 aromatic heterocycles. The second-order valence-corrected chi connectivity index (χ2v) is 7.82. The summed E-state index contributed by atoms with van der Waals surface area (Å²) in [5, 5.41) is 12.9. The maximum atomic E-state index is 12.3. The van der Waals surface area contributed by atoms with Crippen molar-refractivity contribution >= 4 is 5.91 Å². The molecule has 0 saturated carbocycles. The third kappa shape index (κ3) is 6.62. The van der Waals surface area contributed by atoms with Gasteiger partial charge in [0, 0.05) is 25.2 Å². The van der Waals surface area contributed by atoms with Crippen molar-refractivity contribution in [3.05, 3.63) is 35.4 Å². The van der Waals surface area contributed by atoms with Crippen molar-refractivity contribution in [1.29, 1.82) is 0 Å². The Labute approximate surface area is 146 Å². The predicted octanol–water partition coefficient (Wildman–Crippen LogP) is 2.85. The summed E-state index contributed by atoms with van der Waals surface area (Å²) in [6.07, 6.45) is 4.04. The monoisotopic (exact) mass is 332 g/mol. The molecule has 2 rings (SSSR count). The lowest BCUT2D eigenvalue weighted by atomic mass is 9.98. The van der Waals surface area contributed by atoms with Crippen LogP contribution >= 0.6 is 0 Å². The standard InChI is InChI=1S/C20H32N2O2/c1-16-6-5-12-22(15-16)13-11-21-19(23)18-8-4-7-17(14-18)9-10-20(2,3)24/h4,7-8,14,16,24H,5-6,9-13,15H2,1-3H3,(H,21,23). The quantitative estimate of drug-likeness (QED) is 0.807. The van der Waals surface area contributed by atoms with Crippen molar-refractivity contribution in [3.8, 4) is 0 Å². The Morgan fingerprint density at radius 2 is 2.21 bits per heavy atom. The second-order valence-electron chi connectivity index (χ2n) is 7.82. The number of rotatable bonds is 7. The van der Waals surface area contributed by atoms with Crippen molar-refractivity contribution in [1.82, 2.24) is 10.2 Å². The molecule has 4 nitrogen and oxygen atoms in total. The third-order valence-corrected chi connectivity index (χ3v) is 4.67. The Morgan fingerprint density at radius 3 is 2.92 bits per heavy atom. The van der Waals surface area contributed by atoms with Crippen LogP contribution < -0.4 is 5.32 Å². The van der Waals surface area contributed by atoms with Crippen LogP contribution in [0.15, 0.2) is 24.3 Å². The van der Waals surface area contributed by atoms with Gasteiger partial charge in [-0.1, -0.05) is 19.1 Å². The van der Waals surface area contributed by atoms with E-state index in [2.05, 4.69) is 17.1 Å². The van der Waals surface area contributed by atoms with E-state index in [9.17, 15) is 9.90 Å². The summed E-state index contributed by atoms with van der Waals surface area (Å²) in [5.41, 5.74) is 1.12. The fraction of sp³-hybridized carbons (Fsp3) is 0.650. The van der Waals surface area contributed by atoms with E-state index in [0.29, 0.717) is 18.5 Å². The minimum absolute atomic E-state index is 0.00911. The van der Waals surface area contributed by atoms with E-state index in [0.717, 1.165) is 37.5 Å². The first-order valence-corrected chi connectivity index (χ1v) is 9.15. The Hall–Kier alpha value is -1.39. The van der Waals surface area contributed by atoms with Crippen molar-refractivity contribution in [2.24, 2.45) is 5.92 Å². The molecule has 0 bridgehead atoms. The van der Waals surface area contributed by atoms with Crippen LogP contribution in [0.3, 0.4) is 0 Å². The van der Waals surface area contributed by atoms with Gasteiger partial charge in [0.2, 0.25) is 0 Å². The number of amides is 1. The van der Waals surface area contributed by atoms with Crippen molar-refractivity contribution < 1.29 is 9.90 Å². The lowest BCUT2D eigenvalue weighted by Crippen LogP contribution is -2.40. The van der Waals surface area contributed by atoms with Crippen LogP contribution in [-0.4, -0.2) is 47.7 Å². The Morgan fingerprint density at radius 1 is 1.42 bits per heavy atom. The van der Waals surface area contributed by atoms with Gasteiger partial charge >= 0.3 is 0 Å². The summed E-state index contributed by atoms with van der Waals surface area (Å²) in [7, 11) is 0. The fourth-order valence-electron chi connectivity index (χ4n) is 3.24. The van der Waals surface area contributed by atoms with Gasteiger partial charge in [-0.05, 0) is 69.7 Å². The highest BCUT2D eigenvalue weighted by Crippen LogP contribution is 2.15. The fourth-order valence-corrected chi connectivity index (χ4v) is 3.24. The molecule has 1 fully saturated rings. The van der Waals surface area contributed by atoms with Crippen LogP contribution in [0.4, 0.5) is 0 Å². The van der Waals surface area contributed by atoms with E-state index in [1.807, 2.05) is 38.1 Å². The summed E-state index contributed by atoms with van der Waals surface area (Å²) in [6.45, 7) is 9.82. The Bertz CT molecular complexity index is 537. The second kappa shape index (κ2) is 8.63. The van der Waals surface area contributed by atoms with E-state index in [-0.39, 0.29) is 5.91 Å². The van der Waals surface area contributed by atoms with Gasteiger partial charge in [-0.15, -0.1) is 0 Å². The zero-order valence-corrected chi connectivity index (χ0v) is 15.3. The number of nitrogens with one attached hydrogen (secondary N) is 1. The number of aryl methyl sites for hydroxylation is 1. The number of piperidine rings is 1. The molecule has 4 heteroatoms. The van der Waals surface area contributed by atoms with Crippen LogP contribution in [0.2, 0.25) is 0 Å². The summed E-state index contributed by atoms with van der Waals surface area (Å²) >= 11 is 0. The molecule has 1 aromatic carbocycles. The predicted molar refractivity (Wildman–Crippen MR) is 98.2 cm³/mol. The normalized spacial score (nSPS) is 19.2. The number of nitrogens with zero attached hydrogens (tertiary/aromatic N) is 1. The Balaban J connectivity index is 1.79. The first-order chi connectivity index (χ1) is 11.3. The molecule has 1 amide bonds. The van der Waals surface area contributed by atoms with Crippen LogP contribution in [0.5, 0.6) is 0 Å². The highest BCUT2D eigenvalue weighted by Gasteiger charge is 2.16. The van der Waals surface area contributed by atoms with Gasteiger partial charge in [-0.25, -0.2) is 0 Å². The molecule has 0 radical (unpaired) electrons. The topological polar surface area (TPSA) is 52.6 Å². The molecule has 0 aliphatic carbocycles. The van der Waals surface area contributed by atoms with E-state index in [4.69, 9.17) is 0 Å². The molecule has 1 aromatic rings. The summed E-state index contributed by atoms with van der Waals surface area (Å²) in [5.74, 6) is 0.757. The van der Waals surface area contributed by atoms with Crippen molar-refractivity contribution in [2.75, 3.05) is 26.2 Å². The summed E-state index contributed by atoms with van der Waals surface area (Å²) in [6, 6.07) is 7.72. The molecule has 24 heavy (non-hydrogen) atoms. The van der Waals surface area contributed by atoms with Crippen LogP contribution in [0.1, 0.15) is 56.0 Å². The van der Waals surface area contributed by atoms with Gasteiger partial charge in [0.05, 0.1) is 5.60 Å². The first-order valence-electron chi connectivity index (χ1n) is 9.15. The highest BCUT2D eigenvalue weighted by atomic mass is 16.3. The highest BCUT2D eigenvalue weighted by molar-refractivity contribution is 5.94. The first kappa shape index (κ1) is 18.9. The molecule has 2 N–H and O–H groups in total. The Kier molecular flexibility index (Phi) is 6.81. The van der Waals surface area contributed by atoms with E-state index < -0.39 is 5.60 Å². The van der Waals surface area contributed by atoms with Crippen LogP contribution in [0, 0.1) is 5.92 Å². The van der Waals surface area contributed by atoms with Crippen LogP contribution in [-0.2, 0) is 6.42 Å². The van der Waals surface area contributed by atoms with Gasteiger partial charge in [0.25, 0.3) is 5.91 Å². The molecule has 1 saturated heterocycles. The number of hydrogen-bond acceptors (Lipinski definition) is 3. The largest absolute Gasteiger partial charge is 0.390 e. The summed E-state index contributed by atoms with van der Waals surface area (Å²) < 4.78 is 0. The number of carbonyl (C=O) groups excluding carboxylic acids is 1. The average Bonchev–Trinajstić information content (AvgIpc) is 2.52. The number of hydrogen-bond donors (Lipinski definition) is 2. The zero-order chi connectivity index (χ0) is 17.6. The van der Waals surface area contributed by atoms with Gasteiger partial charge in [0.15, 0.2) is 0 Å². The SMILES string of the molecule is CC1CCCN(CCNC(=O)c2cccc(CCC(C)(C)O)c2)C1. The molecule has 1 aliphatic heterocycles. The molecule has 134 valence electrons. The number of likely N-dealkylation sites (tertiary alicyclic amines) is 1. The van der Waals surface area contributed by atoms with Gasteiger partial charge in [-0.2, -0.15) is 0 Å². The maximum Gasteiger partial charge on any atom is 0.251 e. The molecule has 1 aliphatic rings. The third-order valence-electron chi connectivity index (χ3n) is 4.67. The smallest absolute Gasteiger partial charge is 0.251 e. The number of carbonyl (C=O) groups is 1. The average molecular weight is 332 g/mol. The van der Waals surface area contributed by atoms with Gasteiger partial charge in [-0.3, -0.25) is 4.79 Å². The molecular formula is C20H32N2O2. The molecule has 1 heterocycles. The van der Waals surface area contributed by atoms with Crippen molar-refractivity contribution in [2.45, 2.75) is 52.1 Å². The maximum absolute atomic E-state index is 12.3. The molecular weight excluding hydrogens is 300 g/mol. The van der Waals surface area contributed by atoms with Crippen LogP contribution in [0.25, 0.3) is 0 Å². The van der Waals surface area contributed by atoms with Crippen molar-refractivity contribution in [3.63, 3.8) is 0 Å². The summed E-state index contributed by atoms with van der Waals surface area (Å²) in [4.78, 5) is 14.8. The minimum Gasteiger partial charge on any atom is -0.390 e. The lowest BCUT2D eigenvalue weighted by Gasteiger charge is -2.30. The zero-order valence-electron chi connectivity index (χ0n) is 15.3. The molecule has 0 spiro atoms. The lowest BCUT2D eigenvalue weighted by molar-refractivity contribution is 0.0714. The van der Waals surface area contributed by atoms with Gasteiger partial charge < -0.3 is 15.3 Å². The van der Waals surface area contributed by atoms with Gasteiger partial charge in [0.1, 0.15) is 0 Å². The van der Waals surface area contributed by atoms with E-state index in [1.54, 1.807) is 0 Å². The number of benzene rings is 1. The minimum atomic E-state index is -0.677. The van der Waals surface area contributed by atoms with E-state index >= 15 is 0 Å². The molecule has 1 atom stereocenters. The number of aliphatic hydroxyl groups is 1. The molecule has 1 unspecified atom stereocenters.